The van der Waals surface area contributed by atoms with Gasteiger partial charge in [0.25, 0.3) is 0 Å². The molecule has 48 valence electrons. The highest BCUT2D eigenvalue weighted by Gasteiger charge is 1.92. The first-order valence-electron chi connectivity index (χ1n) is 2.88. The van der Waals surface area contributed by atoms with Crippen LogP contribution in [0.3, 0.4) is 0 Å². The lowest BCUT2D eigenvalue weighted by Crippen LogP contribution is -1.99. The minimum Gasteiger partial charge on any atom is -0.511 e. The van der Waals surface area contributed by atoms with Gasteiger partial charge in [0.15, 0.2) is 0 Å². The first kappa shape index (κ1) is 7.34. The minimum absolute atomic E-state index is 0.326. The Labute approximate surface area is 50.0 Å². The second-order valence-corrected chi connectivity index (χ2v) is 1.68. The highest BCUT2D eigenvalue weighted by molar-refractivity contribution is 5.00. The van der Waals surface area contributed by atoms with Crippen LogP contribution >= 0.6 is 0 Å². The molecule has 0 saturated carbocycles. The molecule has 0 aliphatic heterocycles. The maximum atomic E-state index is 8.88. The summed E-state index contributed by atoms with van der Waals surface area (Å²) in [5.74, 6) is 0.326. The normalized spacial score (nSPS) is 13.2. The summed E-state index contributed by atoms with van der Waals surface area (Å²) in [4.78, 5) is 0. The first-order chi connectivity index (χ1) is 3.72. The van der Waals surface area contributed by atoms with Gasteiger partial charge in [0, 0.05) is 12.1 Å². The number of rotatable bonds is 2. The van der Waals surface area contributed by atoms with Gasteiger partial charge in [0.2, 0.25) is 0 Å². The van der Waals surface area contributed by atoms with E-state index >= 15 is 0 Å². The van der Waals surface area contributed by atoms with E-state index in [4.69, 9.17) is 10.8 Å². The number of hydrogen-bond donors (Lipinski definition) is 2. The van der Waals surface area contributed by atoms with Crippen LogP contribution in [0.15, 0.2) is 11.5 Å². The molecule has 0 spiro atoms. The summed E-state index contributed by atoms with van der Waals surface area (Å²) >= 11 is 0. The van der Waals surface area contributed by atoms with Crippen molar-refractivity contribution in [2.45, 2.75) is 26.7 Å². The summed E-state index contributed by atoms with van der Waals surface area (Å²) in [6.45, 7) is 3.79. The van der Waals surface area contributed by atoms with Crippen molar-refractivity contribution in [2.24, 2.45) is 5.73 Å². The van der Waals surface area contributed by atoms with E-state index in [1.54, 1.807) is 0 Å². The molecule has 0 aliphatic carbocycles. The third kappa shape index (κ3) is 1.87. The summed E-state index contributed by atoms with van der Waals surface area (Å²) in [7, 11) is 0. The van der Waals surface area contributed by atoms with Crippen LogP contribution < -0.4 is 5.73 Å². The summed E-state index contributed by atoms with van der Waals surface area (Å²) in [6, 6.07) is 0. The van der Waals surface area contributed by atoms with Crippen LogP contribution in [0, 0.1) is 0 Å². The smallest absolute Gasteiger partial charge is 0.111 e. The Morgan fingerprint density at radius 1 is 1.38 bits per heavy atom. The molecule has 0 heterocycles. The number of allylic oxidation sites excluding steroid dienone is 2. The minimum atomic E-state index is 0.326. The van der Waals surface area contributed by atoms with Crippen molar-refractivity contribution in [2.75, 3.05) is 0 Å². The molecule has 0 radical (unpaired) electrons. The molecule has 0 fully saturated rings. The zero-order valence-corrected chi connectivity index (χ0v) is 5.44. The average Bonchev–Trinajstić information content (AvgIpc) is 1.84. The average molecular weight is 115 g/mol. The van der Waals surface area contributed by atoms with Crippen LogP contribution in [-0.2, 0) is 0 Å². The van der Waals surface area contributed by atoms with E-state index in [9.17, 15) is 0 Å². The fraction of sp³-hybridized carbons (Fsp3) is 0.667. The number of nitrogens with two attached hydrogens (primary N) is 1. The predicted molar refractivity (Wildman–Crippen MR) is 34.4 cm³/mol. The Bertz CT molecular complexity index is 84.7. The second-order valence-electron chi connectivity index (χ2n) is 1.68. The van der Waals surface area contributed by atoms with E-state index in [2.05, 4.69) is 0 Å². The van der Waals surface area contributed by atoms with Crippen molar-refractivity contribution in [3.05, 3.63) is 11.5 Å². The van der Waals surface area contributed by atoms with E-state index in [0.29, 0.717) is 17.9 Å². The van der Waals surface area contributed by atoms with Crippen LogP contribution in [0.4, 0.5) is 0 Å². The first-order valence-corrected chi connectivity index (χ1v) is 2.88. The van der Waals surface area contributed by atoms with Crippen molar-refractivity contribution in [3.8, 4) is 0 Å². The van der Waals surface area contributed by atoms with Crippen LogP contribution in [-0.4, -0.2) is 5.11 Å². The van der Waals surface area contributed by atoms with Gasteiger partial charge in [-0.05, 0) is 6.42 Å². The van der Waals surface area contributed by atoms with Crippen LogP contribution in [0.1, 0.15) is 26.7 Å². The van der Waals surface area contributed by atoms with Gasteiger partial charge in [-0.25, -0.2) is 0 Å². The van der Waals surface area contributed by atoms with Crippen molar-refractivity contribution in [3.63, 3.8) is 0 Å². The van der Waals surface area contributed by atoms with Crippen molar-refractivity contribution in [1.29, 1.82) is 0 Å². The Morgan fingerprint density at radius 2 is 1.88 bits per heavy atom. The molecular formula is C6H13NO. The molecule has 0 bridgehead atoms. The predicted octanol–water partition coefficient (Wildman–Crippen LogP) is 1.53. The highest BCUT2D eigenvalue weighted by Crippen LogP contribution is 2.01. The number of hydrogen-bond acceptors (Lipinski definition) is 2. The molecule has 0 unspecified atom stereocenters. The quantitative estimate of drug-likeness (QED) is 0.536. The zero-order chi connectivity index (χ0) is 6.57. The fourth-order valence-electron chi connectivity index (χ4n) is 0.431. The molecular weight excluding hydrogens is 102 g/mol. The molecule has 0 amide bonds. The molecule has 3 N–H and O–H groups in total. The van der Waals surface area contributed by atoms with Gasteiger partial charge in [0.05, 0.1) is 0 Å². The van der Waals surface area contributed by atoms with E-state index < -0.39 is 0 Å². The molecule has 0 aromatic heterocycles. The second kappa shape index (κ2) is 3.36. The third-order valence-electron chi connectivity index (χ3n) is 1.09. The molecule has 0 saturated heterocycles. The van der Waals surface area contributed by atoms with Gasteiger partial charge >= 0.3 is 0 Å². The monoisotopic (exact) mass is 115 g/mol. The summed E-state index contributed by atoms with van der Waals surface area (Å²) in [5, 5.41) is 8.88. The highest BCUT2D eigenvalue weighted by atomic mass is 16.3. The van der Waals surface area contributed by atoms with Gasteiger partial charge in [-0.15, -0.1) is 0 Å². The molecule has 8 heavy (non-hydrogen) atoms. The Hall–Kier alpha value is -0.660. The third-order valence-corrected chi connectivity index (χ3v) is 1.09. The van der Waals surface area contributed by atoms with Gasteiger partial charge in [-0.3, -0.25) is 0 Å². The number of aliphatic hydroxyl groups is 1. The summed E-state index contributed by atoms with van der Waals surface area (Å²) < 4.78 is 0. The van der Waals surface area contributed by atoms with Crippen LogP contribution in [0.5, 0.6) is 0 Å². The standard InChI is InChI=1S/C6H13NO/c1-3-5(7)6(8)4-2/h8H,3-4,7H2,1-2H3/b6-5-. The maximum Gasteiger partial charge on any atom is 0.111 e. The van der Waals surface area contributed by atoms with E-state index in [0.717, 1.165) is 6.42 Å². The van der Waals surface area contributed by atoms with E-state index in [-0.39, 0.29) is 0 Å². The summed E-state index contributed by atoms with van der Waals surface area (Å²) in [5.41, 5.74) is 5.96. The van der Waals surface area contributed by atoms with Gasteiger partial charge in [-0.1, -0.05) is 13.8 Å². The lowest BCUT2D eigenvalue weighted by molar-refractivity contribution is 0.384. The lowest BCUT2D eigenvalue weighted by atomic mass is 10.2. The number of aliphatic hydroxyl groups excluding tert-OH is 1. The van der Waals surface area contributed by atoms with Crippen LogP contribution in [0.25, 0.3) is 0 Å². The Kier molecular flexibility index (Phi) is 3.08. The molecule has 0 aromatic rings. The van der Waals surface area contributed by atoms with E-state index in [1.807, 2.05) is 13.8 Å². The van der Waals surface area contributed by atoms with E-state index in [1.165, 1.54) is 0 Å². The van der Waals surface area contributed by atoms with Gasteiger partial charge in [0.1, 0.15) is 5.76 Å². The lowest BCUT2D eigenvalue weighted by Gasteiger charge is -1.98. The molecule has 2 nitrogen and oxygen atoms in total. The Balaban J connectivity index is 3.83. The van der Waals surface area contributed by atoms with Crippen molar-refractivity contribution >= 4 is 0 Å². The Morgan fingerprint density at radius 3 is 2.00 bits per heavy atom. The largest absolute Gasteiger partial charge is 0.511 e. The SMILES string of the molecule is CC/C(N)=C(/O)CC. The topological polar surface area (TPSA) is 46.2 Å². The summed E-state index contributed by atoms with van der Waals surface area (Å²) in [6.07, 6.45) is 1.37. The molecule has 0 rings (SSSR count). The maximum absolute atomic E-state index is 8.88. The molecule has 0 aromatic carbocycles. The van der Waals surface area contributed by atoms with Crippen molar-refractivity contribution in [1.82, 2.24) is 0 Å². The van der Waals surface area contributed by atoms with Gasteiger partial charge in [-0.2, -0.15) is 0 Å². The van der Waals surface area contributed by atoms with Gasteiger partial charge < -0.3 is 10.8 Å². The van der Waals surface area contributed by atoms with Crippen LogP contribution in [0.2, 0.25) is 0 Å². The van der Waals surface area contributed by atoms with Crippen molar-refractivity contribution < 1.29 is 5.11 Å². The molecule has 2 heteroatoms. The zero-order valence-electron chi connectivity index (χ0n) is 5.44. The molecule has 0 aliphatic rings. The molecule has 0 atom stereocenters. The fourth-order valence-corrected chi connectivity index (χ4v) is 0.431.